The molecule has 0 saturated carbocycles. The van der Waals surface area contributed by atoms with Crippen molar-refractivity contribution in [2.24, 2.45) is 5.10 Å². The summed E-state index contributed by atoms with van der Waals surface area (Å²) in [6.45, 7) is 7.26. The third-order valence-electron chi connectivity index (χ3n) is 6.23. The maximum atomic E-state index is 13.6. The van der Waals surface area contributed by atoms with E-state index in [-0.39, 0.29) is 4.90 Å². The van der Waals surface area contributed by atoms with Crippen LogP contribution >= 0.6 is 15.9 Å². The summed E-state index contributed by atoms with van der Waals surface area (Å²) in [6, 6.07) is 23.6. The smallest absolute Gasteiger partial charge is 0.264 e. The average Bonchev–Trinajstić information content (AvgIpc) is 3.16. The SMILES string of the molecule is Cc1ccc(S(=O)(=O)N(CC(=O)N/N=C/c2cc(C)n(-c3ccc(Br)cc3)c2C)c2ccccc2C)cc1. The fraction of sp³-hybridized carbons (Fsp3) is 0.172. The first-order chi connectivity index (χ1) is 18.1. The van der Waals surface area contributed by atoms with E-state index < -0.39 is 22.5 Å². The normalized spacial score (nSPS) is 11.6. The van der Waals surface area contributed by atoms with Gasteiger partial charge in [0.05, 0.1) is 16.8 Å². The highest BCUT2D eigenvalue weighted by Gasteiger charge is 2.28. The number of rotatable bonds is 8. The van der Waals surface area contributed by atoms with E-state index in [0.29, 0.717) is 5.69 Å². The highest BCUT2D eigenvalue weighted by Crippen LogP contribution is 2.27. The maximum absolute atomic E-state index is 13.6. The van der Waals surface area contributed by atoms with Gasteiger partial charge in [-0.3, -0.25) is 9.10 Å². The van der Waals surface area contributed by atoms with Gasteiger partial charge in [0.15, 0.2) is 0 Å². The molecule has 0 unspecified atom stereocenters. The van der Waals surface area contributed by atoms with E-state index in [0.717, 1.165) is 42.5 Å². The Morgan fingerprint density at radius 3 is 2.29 bits per heavy atom. The summed E-state index contributed by atoms with van der Waals surface area (Å²) >= 11 is 3.46. The molecule has 0 saturated heterocycles. The van der Waals surface area contributed by atoms with Crippen molar-refractivity contribution in [3.05, 3.63) is 111 Å². The number of hydrazone groups is 1. The quantitative estimate of drug-likeness (QED) is 0.207. The molecular formula is C29H29BrN4O3S. The van der Waals surface area contributed by atoms with Gasteiger partial charge in [0, 0.05) is 27.1 Å². The number of amides is 1. The van der Waals surface area contributed by atoms with Gasteiger partial charge in [0.25, 0.3) is 15.9 Å². The number of halogens is 1. The highest BCUT2D eigenvalue weighted by molar-refractivity contribution is 9.10. The number of para-hydroxylation sites is 1. The fourth-order valence-electron chi connectivity index (χ4n) is 4.23. The number of hydrogen-bond acceptors (Lipinski definition) is 4. The third kappa shape index (κ3) is 5.89. The Balaban J connectivity index is 1.56. The van der Waals surface area contributed by atoms with Crippen LogP contribution in [0.3, 0.4) is 0 Å². The van der Waals surface area contributed by atoms with Crippen molar-refractivity contribution in [3.8, 4) is 5.69 Å². The molecule has 1 amide bonds. The van der Waals surface area contributed by atoms with Crippen molar-refractivity contribution in [1.29, 1.82) is 0 Å². The first-order valence-electron chi connectivity index (χ1n) is 12.0. The van der Waals surface area contributed by atoms with Gasteiger partial charge in [-0.2, -0.15) is 5.10 Å². The number of carbonyl (C=O) groups excluding carboxylic acids is 1. The van der Waals surface area contributed by atoms with Crippen molar-refractivity contribution in [1.82, 2.24) is 9.99 Å². The number of aromatic nitrogens is 1. The van der Waals surface area contributed by atoms with Gasteiger partial charge < -0.3 is 4.57 Å². The van der Waals surface area contributed by atoms with Crippen LogP contribution in [0.4, 0.5) is 5.69 Å². The van der Waals surface area contributed by atoms with E-state index >= 15 is 0 Å². The number of sulfonamides is 1. The van der Waals surface area contributed by atoms with Crippen molar-refractivity contribution in [2.75, 3.05) is 10.8 Å². The largest absolute Gasteiger partial charge is 0.318 e. The number of nitrogens with zero attached hydrogens (tertiary/aromatic N) is 3. The molecule has 0 atom stereocenters. The summed E-state index contributed by atoms with van der Waals surface area (Å²) in [6.07, 6.45) is 1.57. The Morgan fingerprint density at radius 1 is 0.974 bits per heavy atom. The molecule has 0 aliphatic heterocycles. The number of carbonyl (C=O) groups is 1. The lowest BCUT2D eigenvalue weighted by Gasteiger charge is -2.25. The van der Waals surface area contributed by atoms with Crippen molar-refractivity contribution < 1.29 is 13.2 Å². The fourth-order valence-corrected chi connectivity index (χ4v) is 5.98. The van der Waals surface area contributed by atoms with Crippen LogP contribution in [0.5, 0.6) is 0 Å². The Hall–Kier alpha value is -3.69. The minimum Gasteiger partial charge on any atom is -0.318 e. The maximum Gasteiger partial charge on any atom is 0.264 e. The first kappa shape index (κ1) is 27.3. The lowest BCUT2D eigenvalue weighted by atomic mass is 10.2. The molecule has 1 N–H and O–H groups in total. The summed E-state index contributed by atoms with van der Waals surface area (Å²) in [5.74, 6) is -0.554. The second-order valence-electron chi connectivity index (χ2n) is 9.04. The summed E-state index contributed by atoms with van der Waals surface area (Å²) < 4.78 is 31.4. The van der Waals surface area contributed by atoms with Crippen molar-refractivity contribution in [3.63, 3.8) is 0 Å². The zero-order valence-corrected chi connectivity index (χ0v) is 24.0. The van der Waals surface area contributed by atoms with Crippen LogP contribution in [0.15, 0.2) is 93.3 Å². The molecule has 38 heavy (non-hydrogen) atoms. The molecule has 4 aromatic rings. The second kappa shape index (κ2) is 11.4. The summed E-state index contributed by atoms with van der Waals surface area (Å²) in [5.41, 5.74) is 8.45. The molecule has 0 bridgehead atoms. The van der Waals surface area contributed by atoms with E-state index in [1.807, 2.05) is 70.2 Å². The monoisotopic (exact) mass is 592 g/mol. The average molecular weight is 594 g/mol. The van der Waals surface area contributed by atoms with Crippen LogP contribution in [0.1, 0.15) is 28.1 Å². The predicted octanol–water partition coefficient (Wildman–Crippen LogP) is 5.82. The van der Waals surface area contributed by atoms with Gasteiger partial charge >= 0.3 is 0 Å². The van der Waals surface area contributed by atoms with Crippen LogP contribution in [-0.2, 0) is 14.8 Å². The predicted molar refractivity (Wildman–Crippen MR) is 156 cm³/mol. The Labute approximate surface area is 232 Å². The number of nitrogens with one attached hydrogen (secondary N) is 1. The van der Waals surface area contributed by atoms with Crippen LogP contribution in [-0.4, -0.2) is 31.7 Å². The molecule has 1 aromatic heterocycles. The topological polar surface area (TPSA) is 83.8 Å². The molecule has 3 aromatic carbocycles. The second-order valence-corrected chi connectivity index (χ2v) is 11.8. The lowest BCUT2D eigenvalue weighted by Crippen LogP contribution is -2.40. The van der Waals surface area contributed by atoms with Gasteiger partial charge in [-0.15, -0.1) is 0 Å². The van der Waals surface area contributed by atoms with Crippen molar-refractivity contribution >= 4 is 43.8 Å². The Bertz CT molecular complexity index is 1590. The zero-order chi connectivity index (χ0) is 27.4. The summed E-state index contributed by atoms with van der Waals surface area (Å²) in [4.78, 5) is 13.0. The highest BCUT2D eigenvalue weighted by atomic mass is 79.9. The minimum atomic E-state index is -3.99. The Kier molecular flexibility index (Phi) is 8.18. The molecule has 9 heteroatoms. The molecule has 0 aliphatic carbocycles. The molecule has 7 nitrogen and oxygen atoms in total. The minimum absolute atomic E-state index is 0.114. The van der Waals surface area contributed by atoms with E-state index in [9.17, 15) is 13.2 Å². The van der Waals surface area contributed by atoms with Gasteiger partial charge in [0.2, 0.25) is 0 Å². The van der Waals surface area contributed by atoms with Crippen LogP contribution in [0.2, 0.25) is 0 Å². The van der Waals surface area contributed by atoms with Gasteiger partial charge in [-0.05, 0) is 81.8 Å². The summed E-state index contributed by atoms with van der Waals surface area (Å²) in [5, 5.41) is 4.13. The molecule has 1 heterocycles. The molecule has 0 fully saturated rings. The Morgan fingerprint density at radius 2 is 1.63 bits per heavy atom. The number of hydrogen-bond donors (Lipinski definition) is 1. The van der Waals surface area contributed by atoms with Crippen LogP contribution in [0.25, 0.3) is 5.69 Å². The van der Waals surface area contributed by atoms with E-state index in [2.05, 4.69) is 31.0 Å². The summed E-state index contributed by atoms with van der Waals surface area (Å²) in [7, 11) is -3.99. The molecule has 0 radical (unpaired) electrons. The molecular weight excluding hydrogens is 564 g/mol. The van der Waals surface area contributed by atoms with Crippen molar-refractivity contribution in [2.45, 2.75) is 32.6 Å². The number of anilines is 1. The van der Waals surface area contributed by atoms with Gasteiger partial charge in [0.1, 0.15) is 6.54 Å². The standard InChI is InChI=1S/C29H29BrN4O3S/c1-20-9-15-27(16-10-20)38(36,37)33(28-8-6-5-7-21(28)2)19-29(35)32-31-18-24-17-22(3)34(23(24)4)26-13-11-25(30)12-14-26/h5-18H,19H2,1-4H3,(H,32,35)/b31-18+. The van der Waals surface area contributed by atoms with Crippen LogP contribution in [0, 0.1) is 27.7 Å². The molecule has 0 aliphatic rings. The third-order valence-corrected chi connectivity index (χ3v) is 8.53. The first-order valence-corrected chi connectivity index (χ1v) is 14.2. The van der Waals surface area contributed by atoms with E-state index in [1.165, 1.54) is 0 Å². The molecule has 4 rings (SSSR count). The van der Waals surface area contributed by atoms with E-state index in [4.69, 9.17) is 0 Å². The molecule has 196 valence electrons. The van der Waals surface area contributed by atoms with E-state index in [1.54, 1.807) is 42.6 Å². The number of benzene rings is 3. The lowest BCUT2D eigenvalue weighted by molar-refractivity contribution is -0.119. The molecule has 0 spiro atoms. The number of aryl methyl sites for hydroxylation is 3. The van der Waals surface area contributed by atoms with Gasteiger partial charge in [-0.25, -0.2) is 13.8 Å². The zero-order valence-electron chi connectivity index (χ0n) is 21.6. The van der Waals surface area contributed by atoms with Gasteiger partial charge in [-0.1, -0.05) is 51.8 Å². The van der Waals surface area contributed by atoms with Crippen LogP contribution < -0.4 is 9.73 Å².